The largest absolute Gasteiger partial charge is 0.481 e. The van der Waals surface area contributed by atoms with Crippen molar-refractivity contribution in [1.82, 2.24) is 14.7 Å². The standard InChI is InChI=1S/C17H25N3O3/c21-16(22)8-7-13-4-3-10-19(12-13)17(23)15-9-11-20(18-15)14-5-1-2-6-14/h9,11,13-14H,1-8,10,12H2,(H,21,22). The third kappa shape index (κ3) is 3.92. The summed E-state index contributed by atoms with van der Waals surface area (Å²) in [7, 11) is 0. The molecular weight excluding hydrogens is 294 g/mol. The summed E-state index contributed by atoms with van der Waals surface area (Å²) < 4.78 is 1.95. The van der Waals surface area contributed by atoms with Gasteiger partial charge in [-0.2, -0.15) is 5.10 Å². The van der Waals surface area contributed by atoms with Crippen LogP contribution in [0.5, 0.6) is 0 Å². The molecule has 1 aliphatic carbocycles. The van der Waals surface area contributed by atoms with E-state index >= 15 is 0 Å². The van der Waals surface area contributed by atoms with Crippen molar-refractivity contribution in [2.24, 2.45) is 5.92 Å². The van der Waals surface area contributed by atoms with Crippen LogP contribution in [0.15, 0.2) is 12.3 Å². The molecule has 1 aromatic heterocycles. The Balaban J connectivity index is 1.59. The maximum absolute atomic E-state index is 12.6. The molecule has 1 N–H and O–H groups in total. The summed E-state index contributed by atoms with van der Waals surface area (Å²) in [4.78, 5) is 25.2. The van der Waals surface area contributed by atoms with Crippen LogP contribution >= 0.6 is 0 Å². The summed E-state index contributed by atoms with van der Waals surface area (Å²) in [6.07, 6.45) is 9.49. The van der Waals surface area contributed by atoms with E-state index in [9.17, 15) is 9.59 Å². The summed E-state index contributed by atoms with van der Waals surface area (Å²) in [5, 5.41) is 13.3. The molecule has 126 valence electrons. The van der Waals surface area contributed by atoms with E-state index in [2.05, 4.69) is 5.10 Å². The van der Waals surface area contributed by atoms with Crippen molar-refractivity contribution in [3.63, 3.8) is 0 Å². The zero-order valence-electron chi connectivity index (χ0n) is 13.5. The average molecular weight is 319 g/mol. The number of amides is 1. The van der Waals surface area contributed by atoms with Gasteiger partial charge in [0.25, 0.3) is 5.91 Å². The van der Waals surface area contributed by atoms with Crippen LogP contribution in [0.1, 0.15) is 67.9 Å². The Morgan fingerprint density at radius 1 is 1.22 bits per heavy atom. The molecule has 3 rings (SSSR count). The summed E-state index contributed by atoms with van der Waals surface area (Å²) in [6, 6.07) is 2.27. The van der Waals surface area contributed by atoms with Gasteiger partial charge in [-0.1, -0.05) is 12.8 Å². The molecule has 2 fully saturated rings. The number of carboxylic acids is 1. The van der Waals surface area contributed by atoms with E-state index in [-0.39, 0.29) is 12.3 Å². The molecule has 1 aromatic rings. The van der Waals surface area contributed by atoms with Crippen LogP contribution < -0.4 is 0 Å². The van der Waals surface area contributed by atoms with Gasteiger partial charge in [-0.25, -0.2) is 0 Å². The van der Waals surface area contributed by atoms with Crippen molar-refractivity contribution in [2.75, 3.05) is 13.1 Å². The minimum atomic E-state index is -0.760. The highest BCUT2D eigenvalue weighted by Gasteiger charge is 2.27. The quantitative estimate of drug-likeness (QED) is 0.905. The maximum atomic E-state index is 12.6. The molecule has 2 aliphatic rings. The van der Waals surface area contributed by atoms with Crippen LogP contribution in [0, 0.1) is 5.92 Å². The first kappa shape index (κ1) is 16.0. The topological polar surface area (TPSA) is 75.4 Å². The number of carbonyl (C=O) groups is 2. The van der Waals surface area contributed by atoms with E-state index in [1.165, 1.54) is 12.8 Å². The highest BCUT2D eigenvalue weighted by atomic mass is 16.4. The second-order valence-corrected chi connectivity index (χ2v) is 6.81. The zero-order chi connectivity index (χ0) is 16.2. The van der Waals surface area contributed by atoms with E-state index in [4.69, 9.17) is 5.11 Å². The van der Waals surface area contributed by atoms with Crippen LogP contribution in [0.2, 0.25) is 0 Å². The Hall–Kier alpha value is -1.85. The van der Waals surface area contributed by atoms with Crippen molar-refractivity contribution in [3.8, 4) is 0 Å². The normalized spacial score (nSPS) is 22.4. The van der Waals surface area contributed by atoms with Crippen LogP contribution in [0.25, 0.3) is 0 Å². The number of rotatable bonds is 5. The number of hydrogen-bond acceptors (Lipinski definition) is 3. The molecule has 0 spiro atoms. The number of carbonyl (C=O) groups excluding carboxylic acids is 1. The number of carboxylic acid groups (broad SMARTS) is 1. The molecule has 23 heavy (non-hydrogen) atoms. The molecule has 1 atom stereocenters. The Morgan fingerprint density at radius 3 is 2.74 bits per heavy atom. The van der Waals surface area contributed by atoms with Crippen LogP contribution in [-0.4, -0.2) is 44.8 Å². The second kappa shape index (κ2) is 7.15. The first-order valence-corrected chi connectivity index (χ1v) is 8.69. The summed E-state index contributed by atoms with van der Waals surface area (Å²) in [5.74, 6) is -0.480. The fourth-order valence-corrected chi connectivity index (χ4v) is 3.80. The van der Waals surface area contributed by atoms with Gasteiger partial charge in [0.2, 0.25) is 0 Å². The van der Waals surface area contributed by atoms with Gasteiger partial charge in [-0.3, -0.25) is 14.3 Å². The summed E-state index contributed by atoms with van der Waals surface area (Å²) >= 11 is 0. The molecule has 0 radical (unpaired) electrons. The number of piperidine rings is 1. The van der Waals surface area contributed by atoms with Gasteiger partial charge in [0.05, 0.1) is 6.04 Å². The van der Waals surface area contributed by atoms with Crippen molar-refractivity contribution in [1.29, 1.82) is 0 Å². The van der Waals surface area contributed by atoms with Crippen molar-refractivity contribution >= 4 is 11.9 Å². The average Bonchev–Trinajstić information content (AvgIpc) is 3.23. The predicted molar refractivity (Wildman–Crippen MR) is 85.2 cm³/mol. The van der Waals surface area contributed by atoms with E-state index in [0.29, 0.717) is 30.6 Å². The lowest BCUT2D eigenvalue weighted by atomic mass is 9.93. The van der Waals surface area contributed by atoms with E-state index in [1.807, 2.05) is 21.8 Å². The molecule has 1 amide bonds. The summed E-state index contributed by atoms with van der Waals surface area (Å²) in [5.41, 5.74) is 0.524. The smallest absolute Gasteiger partial charge is 0.303 e. The molecule has 6 nitrogen and oxygen atoms in total. The Morgan fingerprint density at radius 2 is 2.00 bits per heavy atom. The third-order valence-electron chi connectivity index (χ3n) is 5.10. The Kier molecular flexibility index (Phi) is 4.98. The Bertz CT molecular complexity index is 563. The second-order valence-electron chi connectivity index (χ2n) is 6.81. The first-order valence-electron chi connectivity index (χ1n) is 8.69. The van der Waals surface area contributed by atoms with Gasteiger partial charge >= 0.3 is 5.97 Å². The van der Waals surface area contributed by atoms with Gasteiger partial charge in [0.1, 0.15) is 5.69 Å². The fraction of sp³-hybridized carbons (Fsp3) is 0.706. The molecule has 0 bridgehead atoms. The number of hydrogen-bond donors (Lipinski definition) is 1. The van der Waals surface area contributed by atoms with E-state index in [1.54, 1.807) is 0 Å². The highest BCUT2D eigenvalue weighted by molar-refractivity contribution is 5.92. The van der Waals surface area contributed by atoms with Crippen molar-refractivity contribution in [2.45, 2.75) is 57.4 Å². The number of nitrogens with zero attached hydrogens (tertiary/aromatic N) is 3. The molecule has 1 aliphatic heterocycles. The lowest BCUT2D eigenvalue weighted by Gasteiger charge is -2.32. The van der Waals surface area contributed by atoms with Crippen molar-refractivity contribution < 1.29 is 14.7 Å². The van der Waals surface area contributed by atoms with E-state index in [0.717, 1.165) is 32.2 Å². The molecule has 1 saturated heterocycles. The first-order chi connectivity index (χ1) is 11.1. The number of likely N-dealkylation sites (tertiary alicyclic amines) is 1. The third-order valence-corrected chi connectivity index (χ3v) is 5.10. The molecular formula is C17H25N3O3. The fourth-order valence-electron chi connectivity index (χ4n) is 3.80. The maximum Gasteiger partial charge on any atom is 0.303 e. The number of aliphatic carboxylic acids is 1. The molecule has 1 unspecified atom stereocenters. The lowest BCUT2D eigenvalue weighted by molar-refractivity contribution is -0.137. The molecule has 6 heteroatoms. The van der Waals surface area contributed by atoms with Gasteiger partial charge in [-0.15, -0.1) is 0 Å². The van der Waals surface area contributed by atoms with Crippen LogP contribution in [-0.2, 0) is 4.79 Å². The lowest BCUT2D eigenvalue weighted by Crippen LogP contribution is -2.40. The minimum Gasteiger partial charge on any atom is -0.481 e. The minimum absolute atomic E-state index is 0.0122. The molecule has 0 aromatic carbocycles. The summed E-state index contributed by atoms with van der Waals surface area (Å²) in [6.45, 7) is 1.40. The monoisotopic (exact) mass is 319 g/mol. The highest BCUT2D eigenvalue weighted by Crippen LogP contribution is 2.29. The van der Waals surface area contributed by atoms with Crippen LogP contribution in [0.3, 0.4) is 0 Å². The van der Waals surface area contributed by atoms with Gasteiger partial charge < -0.3 is 10.0 Å². The zero-order valence-corrected chi connectivity index (χ0v) is 13.5. The number of aromatic nitrogens is 2. The molecule has 1 saturated carbocycles. The van der Waals surface area contributed by atoms with Gasteiger partial charge in [-0.05, 0) is 44.1 Å². The SMILES string of the molecule is O=C(O)CCC1CCCN(C(=O)c2ccn(C3CCCC3)n2)C1. The Labute approximate surface area is 136 Å². The predicted octanol–water partition coefficient (Wildman–Crippen LogP) is 2.72. The van der Waals surface area contributed by atoms with Crippen molar-refractivity contribution in [3.05, 3.63) is 18.0 Å². The van der Waals surface area contributed by atoms with Crippen LogP contribution in [0.4, 0.5) is 0 Å². The molecule has 2 heterocycles. The van der Waals surface area contributed by atoms with E-state index < -0.39 is 5.97 Å². The van der Waals surface area contributed by atoms with Gasteiger partial charge in [0.15, 0.2) is 0 Å². The van der Waals surface area contributed by atoms with Gasteiger partial charge in [0, 0.05) is 25.7 Å².